The topological polar surface area (TPSA) is 90.5 Å². The fraction of sp³-hybridized carbons (Fsp3) is 0.222. The number of carbonyl (C=O) groups is 1. The molecule has 5 rings (SSSR count). The second-order valence-electron chi connectivity index (χ2n) is 8.72. The minimum Gasteiger partial charge on any atom is -0.310 e. The number of nitrogens with one attached hydrogen (secondary N) is 1. The van der Waals surface area contributed by atoms with Crippen LogP contribution in [0.25, 0.3) is 22.5 Å². The third-order valence-electron chi connectivity index (χ3n) is 6.14. The van der Waals surface area contributed by atoms with E-state index in [0.717, 1.165) is 27.9 Å². The lowest BCUT2D eigenvalue weighted by molar-refractivity contribution is -0.117. The Morgan fingerprint density at radius 3 is 2.54 bits per heavy atom. The van der Waals surface area contributed by atoms with Crippen LogP contribution >= 0.6 is 0 Å². The Morgan fingerprint density at radius 1 is 1.00 bits per heavy atom. The molecule has 0 unspecified atom stereocenters. The highest BCUT2D eigenvalue weighted by molar-refractivity contribution is 5.96. The number of benzene rings is 2. The number of rotatable bonds is 6. The summed E-state index contributed by atoms with van der Waals surface area (Å²) in [5.41, 5.74) is 5.66. The van der Waals surface area contributed by atoms with Crippen molar-refractivity contribution in [1.29, 1.82) is 0 Å². The maximum Gasteiger partial charge on any atom is 0.233 e. The van der Waals surface area contributed by atoms with Crippen molar-refractivity contribution < 1.29 is 4.79 Å². The van der Waals surface area contributed by atoms with Crippen molar-refractivity contribution in [3.63, 3.8) is 0 Å². The number of aryl methyl sites for hydroxylation is 3. The van der Waals surface area contributed by atoms with Gasteiger partial charge in [0.05, 0.1) is 28.9 Å². The molecule has 0 aliphatic rings. The van der Waals surface area contributed by atoms with E-state index in [-0.39, 0.29) is 11.8 Å². The summed E-state index contributed by atoms with van der Waals surface area (Å²) in [6, 6.07) is 17.9. The summed E-state index contributed by atoms with van der Waals surface area (Å²) in [4.78, 5) is 22.3. The minimum atomic E-state index is -0.266. The van der Waals surface area contributed by atoms with Gasteiger partial charge in [-0.3, -0.25) is 4.79 Å². The first-order valence-corrected chi connectivity index (χ1v) is 11.7. The molecule has 0 bridgehead atoms. The van der Waals surface area contributed by atoms with Gasteiger partial charge in [-0.25, -0.2) is 14.6 Å². The van der Waals surface area contributed by atoms with Crippen molar-refractivity contribution >= 4 is 22.8 Å². The molecule has 1 N–H and O–H groups in total. The van der Waals surface area contributed by atoms with Crippen molar-refractivity contribution in [3.8, 4) is 11.5 Å². The Morgan fingerprint density at radius 2 is 1.80 bits per heavy atom. The maximum absolute atomic E-state index is 13.3. The molecule has 0 spiro atoms. The van der Waals surface area contributed by atoms with Gasteiger partial charge in [0.2, 0.25) is 5.91 Å². The van der Waals surface area contributed by atoms with Gasteiger partial charge < -0.3 is 5.32 Å². The lowest BCUT2D eigenvalue weighted by atomic mass is 9.96. The number of anilines is 1. The summed E-state index contributed by atoms with van der Waals surface area (Å²) in [7, 11) is 0. The van der Waals surface area contributed by atoms with Crippen LogP contribution in [-0.2, 0) is 4.79 Å². The Labute approximate surface area is 203 Å². The zero-order valence-electron chi connectivity index (χ0n) is 20.2. The van der Waals surface area contributed by atoms with E-state index in [1.165, 1.54) is 11.9 Å². The van der Waals surface area contributed by atoms with Crippen molar-refractivity contribution in [1.82, 2.24) is 29.5 Å². The van der Waals surface area contributed by atoms with Crippen LogP contribution in [0.1, 0.15) is 41.6 Å². The lowest BCUT2D eigenvalue weighted by Crippen LogP contribution is -2.22. The quantitative estimate of drug-likeness (QED) is 0.379. The summed E-state index contributed by atoms with van der Waals surface area (Å²) in [6.45, 7) is 8.02. The average Bonchev–Trinajstić information content (AvgIpc) is 3.43. The fourth-order valence-electron chi connectivity index (χ4n) is 4.44. The SMILES string of the molecule is CC[C@H](C(=O)Nc1cc(C)nn1-c1ncnc2c1cnn2-c1ccc(C)cc1C)c1ccccc1. The van der Waals surface area contributed by atoms with E-state index >= 15 is 0 Å². The fourth-order valence-corrected chi connectivity index (χ4v) is 4.44. The number of hydrogen-bond donors (Lipinski definition) is 1. The van der Waals surface area contributed by atoms with Crippen LogP contribution in [0.3, 0.4) is 0 Å². The van der Waals surface area contributed by atoms with Crippen LogP contribution in [-0.4, -0.2) is 35.4 Å². The third-order valence-corrected chi connectivity index (χ3v) is 6.14. The van der Waals surface area contributed by atoms with E-state index in [9.17, 15) is 4.79 Å². The molecule has 0 aliphatic carbocycles. The molecule has 8 heteroatoms. The van der Waals surface area contributed by atoms with E-state index in [4.69, 9.17) is 0 Å². The molecular weight excluding hydrogens is 438 g/mol. The molecule has 35 heavy (non-hydrogen) atoms. The van der Waals surface area contributed by atoms with Gasteiger partial charge in [-0.1, -0.05) is 55.0 Å². The van der Waals surface area contributed by atoms with E-state index in [1.54, 1.807) is 10.9 Å². The van der Waals surface area contributed by atoms with Gasteiger partial charge in [0.25, 0.3) is 0 Å². The zero-order chi connectivity index (χ0) is 24.5. The molecule has 0 fully saturated rings. The Kier molecular flexibility index (Phi) is 5.86. The van der Waals surface area contributed by atoms with Crippen LogP contribution in [0.4, 0.5) is 5.82 Å². The standard InChI is InChI=1S/C27H27N7O/c1-5-21(20-9-7-6-8-10-20)27(35)31-24-14-19(4)32-34(24)26-22-15-30-33(25(22)28-16-29-26)23-12-11-17(2)13-18(23)3/h6-16,21H,5H2,1-4H3,(H,31,35)/t21-/m0/s1. The van der Waals surface area contributed by atoms with Gasteiger partial charge in [-0.05, 0) is 44.4 Å². The van der Waals surface area contributed by atoms with Crippen LogP contribution in [0, 0.1) is 20.8 Å². The molecule has 0 saturated carbocycles. The molecule has 3 heterocycles. The Bertz CT molecular complexity index is 1520. The van der Waals surface area contributed by atoms with Crippen LogP contribution < -0.4 is 5.32 Å². The Hall–Kier alpha value is -4.33. The van der Waals surface area contributed by atoms with E-state index in [1.807, 2.05) is 61.0 Å². The van der Waals surface area contributed by atoms with E-state index in [0.29, 0.717) is 23.7 Å². The van der Waals surface area contributed by atoms with E-state index < -0.39 is 0 Å². The lowest BCUT2D eigenvalue weighted by Gasteiger charge is -2.16. The van der Waals surface area contributed by atoms with Gasteiger partial charge in [-0.15, -0.1) is 0 Å². The first-order valence-electron chi connectivity index (χ1n) is 11.7. The molecule has 3 aromatic heterocycles. The number of fused-ring (bicyclic) bond motifs is 1. The van der Waals surface area contributed by atoms with Crippen molar-refractivity contribution in [2.75, 3.05) is 5.32 Å². The highest BCUT2D eigenvalue weighted by Crippen LogP contribution is 2.27. The summed E-state index contributed by atoms with van der Waals surface area (Å²) < 4.78 is 3.47. The smallest absolute Gasteiger partial charge is 0.233 e. The van der Waals surface area contributed by atoms with Crippen LogP contribution in [0.15, 0.2) is 67.1 Å². The molecule has 0 radical (unpaired) electrons. The van der Waals surface area contributed by atoms with Gasteiger partial charge >= 0.3 is 0 Å². The number of hydrogen-bond acceptors (Lipinski definition) is 5. The van der Waals surface area contributed by atoms with Gasteiger partial charge in [0.15, 0.2) is 11.5 Å². The molecule has 0 aliphatic heterocycles. The monoisotopic (exact) mass is 465 g/mol. The summed E-state index contributed by atoms with van der Waals surface area (Å²) in [5, 5.41) is 13.0. The minimum absolute atomic E-state index is 0.0869. The molecular formula is C27H27N7O. The van der Waals surface area contributed by atoms with Gasteiger partial charge in [-0.2, -0.15) is 14.9 Å². The summed E-state index contributed by atoms with van der Waals surface area (Å²) in [6.07, 6.45) is 3.93. The second kappa shape index (κ2) is 9.13. The number of carbonyl (C=O) groups excluding carboxylic acids is 1. The summed E-state index contributed by atoms with van der Waals surface area (Å²) >= 11 is 0. The predicted octanol–water partition coefficient (Wildman–Crippen LogP) is 5.06. The summed E-state index contributed by atoms with van der Waals surface area (Å²) in [5.74, 6) is 0.761. The molecule has 5 aromatic rings. The number of amides is 1. The van der Waals surface area contributed by atoms with Crippen LogP contribution in [0.2, 0.25) is 0 Å². The molecule has 1 atom stereocenters. The predicted molar refractivity (Wildman–Crippen MR) is 136 cm³/mol. The van der Waals surface area contributed by atoms with Crippen molar-refractivity contribution in [2.45, 2.75) is 40.0 Å². The van der Waals surface area contributed by atoms with Gasteiger partial charge in [0, 0.05) is 6.07 Å². The first kappa shape index (κ1) is 22.5. The normalized spacial score (nSPS) is 12.1. The third kappa shape index (κ3) is 4.19. The van der Waals surface area contributed by atoms with Crippen molar-refractivity contribution in [3.05, 3.63) is 89.5 Å². The molecule has 8 nitrogen and oxygen atoms in total. The molecule has 2 aromatic carbocycles. The van der Waals surface area contributed by atoms with Crippen LogP contribution in [0.5, 0.6) is 0 Å². The molecule has 0 saturated heterocycles. The van der Waals surface area contributed by atoms with Gasteiger partial charge in [0.1, 0.15) is 12.1 Å². The highest BCUT2D eigenvalue weighted by Gasteiger charge is 2.22. The van der Waals surface area contributed by atoms with Crippen molar-refractivity contribution in [2.24, 2.45) is 0 Å². The number of nitrogens with zero attached hydrogens (tertiary/aromatic N) is 6. The Balaban J connectivity index is 1.54. The molecule has 176 valence electrons. The average molecular weight is 466 g/mol. The maximum atomic E-state index is 13.3. The number of aromatic nitrogens is 6. The van der Waals surface area contributed by atoms with E-state index in [2.05, 4.69) is 51.5 Å². The first-order chi connectivity index (χ1) is 17.0. The second-order valence-corrected chi connectivity index (χ2v) is 8.72. The largest absolute Gasteiger partial charge is 0.310 e. The zero-order valence-corrected chi connectivity index (χ0v) is 20.2. The highest BCUT2D eigenvalue weighted by atomic mass is 16.2. The molecule has 1 amide bonds.